The van der Waals surface area contributed by atoms with Crippen LogP contribution in [-0.2, 0) is 25.1 Å². The summed E-state index contributed by atoms with van der Waals surface area (Å²) in [5.74, 6) is 2.08. The number of nitrogens with zero attached hydrogens (tertiary/aromatic N) is 1. The van der Waals surface area contributed by atoms with Crippen LogP contribution in [0.15, 0.2) is 90.5 Å². The average molecular weight is 642 g/mol. The van der Waals surface area contributed by atoms with E-state index in [0.717, 1.165) is 62.3 Å². The summed E-state index contributed by atoms with van der Waals surface area (Å²) in [6.07, 6.45) is 8.06. The molecule has 0 saturated carbocycles. The fourth-order valence-electron chi connectivity index (χ4n) is 4.66. The molecule has 8 nitrogen and oxygen atoms in total. The molecule has 1 N–H and O–H groups in total. The minimum Gasteiger partial charge on any atom is -0.494 e. The van der Waals surface area contributed by atoms with Gasteiger partial charge in [-0.3, -0.25) is 9.42 Å². The first-order chi connectivity index (χ1) is 21.5. The molecule has 2 atom stereocenters. The van der Waals surface area contributed by atoms with E-state index < -0.39 is 13.9 Å². The second-order valence-electron chi connectivity index (χ2n) is 10.6. The summed E-state index contributed by atoms with van der Waals surface area (Å²) in [5, 5.41) is 2.04. The standard InChI is InChI=1S/C34H44NO7PS/c1-38-34(27-41-43(36,37)42-33-15-11-12-29(24-33)25-35-20-23-44-28-35)26-39-21-9-4-2-3-5-10-22-40-32-18-16-31(17-19-32)30-13-7-6-8-14-30/h6-8,11-20,23-24,34H,2-5,9-10,21-22,25-28H2,1H3,(H,36,37). The highest BCUT2D eigenvalue weighted by Crippen LogP contribution is 2.44. The summed E-state index contributed by atoms with van der Waals surface area (Å²) in [4.78, 5) is 12.4. The fraction of sp³-hybridized carbons (Fsp3) is 0.412. The van der Waals surface area contributed by atoms with Gasteiger partial charge in [0.15, 0.2) is 0 Å². The average Bonchev–Trinajstić information content (AvgIpc) is 3.55. The number of phosphoric ester groups is 1. The molecule has 0 bridgehead atoms. The van der Waals surface area contributed by atoms with Crippen molar-refractivity contribution in [2.75, 3.05) is 39.4 Å². The summed E-state index contributed by atoms with van der Waals surface area (Å²) >= 11 is 1.72. The van der Waals surface area contributed by atoms with Crippen LogP contribution in [0.2, 0.25) is 0 Å². The Balaban J connectivity index is 0.998. The monoisotopic (exact) mass is 641 g/mol. The second-order valence-corrected chi connectivity index (χ2v) is 12.9. The van der Waals surface area contributed by atoms with E-state index in [2.05, 4.69) is 29.2 Å². The Labute approximate surface area is 265 Å². The van der Waals surface area contributed by atoms with Gasteiger partial charge < -0.3 is 23.6 Å². The quantitative estimate of drug-likeness (QED) is 0.0912. The summed E-state index contributed by atoms with van der Waals surface area (Å²) in [7, 11) is -2.78. The molecule has 0 radical (unpaired) electrons. The zero-order chi connectivity index (χ0) is 30.9. The van der Waals surface area contributed by atoms with E-state index in [1.807, 2.05) is 48.0 Å². The first-order valence-electron chi connectivity index (χ1n) is 15.2. The summed E-state index contributed by atoms with van der Waals surface area (Å²) in [5.41, 5.74) is 3.38. The maximum absolute atomic E-state index is 12.5. The van der Waals surface area contributed by atoms with Gasteiger partial charge in [-0.2, -0.15) is 0 Å². The van der Waals surface area contributed by atoms with Crippen molar-refractivity contribution in [1.82, 2.24) is 4.90 Å². The van der Waals surface area contributed by atoms with Crippen LogP contribution in [0.4, 0.5) is 0 Å². The van der Waals surface area contributed by atoms with Crippen LogP contribution in [0, 0.1) is 0 Å². The Bertz CT molecular complexity index is 1310. The SMILES string of the molecule is COC(COCCCCCCCCOc1ccc(-c2ccccc2)cc1)COP(=O)(O)Oc1cccc(CN2C=CSC2)c1. The number of benzene rings is 3. The molecule has 44 heavy (non-hydrogen) atoms. The van der Waals surface area contributed by atoms with Gasteiger partial charge >= 0.3 is 7.82 Å². The summed E-state index contributed by atoms with van der Waals surface area (Å²) < 4.78 is 40.0. The van der Waals surface area contributed by atoms with Crippen LogP contribution in [0.5, 0.6) is 11.5 Å². The van der Waals surface area contributed by atoms with Gasteiger partial charge in [0.05, 0.1) is 25.7 Å². The molecule has 0 aliphatic carbocycles. The maximum Gasteiger partial charge on any atom is 0.527 e. The van der Waals surface area contributed by atoms with Gasteiger partial charge in [-0.15, -0.1) is 11.8 Å². The molecule has 1 heterocycles. The van der Waals surface area contributed by atoms with E-state index in [1.54, 1.807) is 30.0 Å². The van der Waals surface area contributed by atoms with E-state index in [1.165, 1.54) is 18.2 Å². The van der Waals surface area contributed by atoms with Crippen molar-refractivity contribution >= 4 is 19.6 Å². The van der Waals surface area contributed by atoms with Crippen molar-refractivity contribution in [1.29, 1.82) is 0 Å². The van der Waals surface area contributed by atoms with E-state index in [9.17, 15) is 9.46 Å². The Morgan fingerprint density at radius 1 is 0.841 bits per heavy atom. The lowest BCUT2D eigenvalue weighted by atomic mass is 10.1. The molecule has 3 aromatic rings. The Hall–Kier alpha value is -2.78. The van der Waals surface area contributed by atoms with Crippen molar-refractivity contribution in [3.63, 3.8) is 0 Å². The van der Waals surface area contributed by atoms with Crippen LogP contribution >= 0.6 is 19.6 Å². The highest BCUT2D eigenvalue weighted by molar-refractivity contribution is 8.02. The minimum atomic E-state index is -4.31. The first kappa shape index (κ1) is 34.1. The largest absolute Gasteiger partial charge is 0.527 e. The molecule has 0 fully saturated rings. The Morgan fingerprint density at radius 2 is 1.57 bits per heavy atom. The normalized spacial score (nSPS) is 14.8. The summed E-state index contributed by atoms with van der Waals surface area (Å²) in [6, 6.07) is 25.7. The molecule has 10 heteroatoms. The Kier molecular flexibility index (Phi) is 14.6. The molecule has 3 aromatic carbocycles. The first-order valence-corrected chi connectivity index (χ1v) is 17.7. The number of ether oxygens (including phenoxy) is 3. The maximum atomic E-state index is 12.5. The number of thioether (sulfide) groups is 1. The van der Waals surface area contributed by atoms with Gasteiger partial charge in [-0.1, -0.05) is 80.3 Å². The molecule has 0 aromatic heterocycles. The molecule has 1 aliphatic heterocycles. The lowest BCUT2D eigenvalue weighted by Crippen LogP contribution is -2.24. The molecule has 1 aliphatic rings. The molecular formula is C34H44NO7PS. The lowest BCUT2D eigenvalue weighted by Gasteiger charge is -2.19. The van der Waals surface area contributed by atoms with Gasteiger partial charge in [-0.25, -0.2) is 4.57 Å². The van der Waals surface area contributed by atoms with Crippen molar-refractivity contribution < 1.29 is 32.7 Å². The van der Waals surface area contributed by atoms with Crippen molar-refractivity contribution in [3.8, 4) is 22.6 Å². The minimum absolute atomic E-state index is 0.112. The topological polar surface area (TPSA) is 86.7 Å². The highest BCUT2D eigenvalue weighted by Gasteiger charge is 2.25. The fourth-order valence-corrected chi connectivity index (χ4v) is 6.16. The molecule has 4 rings (SSSR count). The van der Waals surface area contributed by atoms with Gasteiger partial charge in [0.1, 0.15) is 17.6 Å². The third-order valence-corrected chi connectivity index (χ3v) is 8.80. The van der Waals surface area contributed by atoms with Crippen LogP contribution in [0.25, 0.3) is 11.1 Å². The number of hydrogen-bond acceptors (Lipinski definition) is 8. The van der Waals surface area contributed by atoms with Crippen molar-refractivity contribution in [2.24, 2.45) is 0 Å². The molecular weight excluding hydrogens is 597 g/mol. The zero-order valence-corrected chi connectivity index (χ0v) is 27.1. The third kappa shape index (κ3) is 12.7. The predicted octanol–water partition coefficient (Wildman–Crippen LogP) is 8.28. The van der Waals surface area contributed by atoms with Gasteiger partial charge in [0.2, 0.25) is 0 Å². The molecule has 0 amide bonds. The van der Waals surface area contributed by atoms with Crippen molar-refractivity contribution in [2.45, 2.75) is 51.2 Å². The number of phosphoric acid groups is 1. The van der Waals surface area contributed by atoms with Gasteiger partial charge in [0, 0.05) is 26.5 Å². The second kappa shape index (κ2) is 18.9. The van der Waals surface area contributed by atoms with Gasteiger partial charge in [0.25, 0.3) is 0 Å². The van der Waals surface area contributed by atoms with Crippen LogP contribution < -0.4 is 9.26 Å². The lowest BCUT2D eigenvalue weighted by molar-refractivity contribution is -0.0197. The molecule has 238 valence electrons. The van der Waals surface area contributed by atoms with E-state index in [-0.39, 0.29) is 19.0 Å². The van der Waals surface area contributed by atoms with Crippen LogP contribution in [0.3, 0.4) is 0 Å². The number of rotatable bonds is 21. The number of unbranched alkanes of at least 4 members (excludes halogenated alkanes) is 5. The predicted molar refractivity (Wildman–Crippen MR) is 177 cm³/mol. The van der Waals surface area contributed by atoms with E-state index in [0.29, 0.717) is 13.2 Å². The molecule has 0 saturated heterocycles. The van der Waals surface area contributed by atoms with Crippen molar-refractivity contribution in [3.05, 3.63) is 96.0 Å². The van der Waals surface area contributed by atoms with Gasteiger partial charge in [-0.05, 0) is 59.2 Å². The van der Waals surface area contributed by atoms with E-state index in [4.69, 9.17) is 23.3 Å². The molecule has 0 spiro atoms. The van der Waals surface area contributed by atoms with Crippen LogP contribution in [0.1, 0.15) is 44.1 Å². The Morgan fingerprint density at radius 3 is 2.30 bits per heavy atom. The third-order valence-electron chi connectivity index (χ3n) is 7.09. The smallest absolute Gasteiger partial charge is 0.494 e. The number of hydrogen-bond donors (Lipinski definition) is 1. The number of methoxy groups -OCH3 is 1. The zero-order valence-electron chi connectivity index (χ0n) is 25.4. The molecule has 2 unspecified atom stereocenters. The van der Waals surface area contributed by atoms with Crippen LogP contribution in [-0.4, -0.2) is 55.3 Å². The highest BCUT2D eigenvalue weighted by atomic mass is 32.2. The van der Waals surface area contributed by atoms with E-state index >= 15 is 0 Å². The summed E-state index contributed by atoms with van der Waals surface area (Å²) in [6.45, 7) is 2.19.